The maximum Gasteiger partial charge on any atom is 2.00 e. The van der Waals surface area contributed by atoms with E-state index < -0.39 is 0 Å². The zero-order valence-corrected chi connectivity index (χ0v) is 10.4. The smallest absolute Gasteiger partial charge is 1.00 e. The fraction of sp³-hybridized carbons (Fsp3) is 0.0769. The van der Waals surface area contributed by atoms with Gasteiger partial charge in [0.1, 0.15) is 0 Å². The van der Waals surface area contributed by atoms with Gasteiger partial charge in [-0.1, -0.05) is 48.5 Å². The Bertz CT molecular complexity index is 435. The molecule has 2 rings (SSSR count). The second-order valence-electron chi connectivity index (χ2n) is 3.13. The van der Waals surface area contributed by atoms with Crippen LogP contribution in [0.5, 0.6) is 0 Å². The molecule has 0 saturated heterocycles. The van der Waals surface area contributed by atoms with Crippen molar-refractivity contribution in [2.45, 2.75) is 6.42 Å². The van der Waals surface area contributed by atoms with Gasteiger partial charge in [-0.15, -0.1) is 6.58 Å². The van der Waals surface area contributed by atoms with Crippen LogP contribution in [-0.4, -0.2) is 37.7 Å². The summed E-state index contributed by atoms with van der Waals surface area (Å²) in [6.45, 7) is 3.76. The minimum absolute atomic E-state index is 0. The standard InChI is InChI=1S/C13H12.Ca.2H/c1-2-6-11-8-5-9-12-7-3-4-10-13(11)12;;;/h2-5,7-10H,1,6H2;;;/q;+2;2*-1. The molecular formula is C13H14Ca. The topological polar surface area (TPSA) is 0 Å². The first-order chi connectivity index (χ1) is 6.42. The van der Waals surface area contributed by atoms with Gasteiger partial charge >= 0.3 is 37.7 Å². The molecule has 0 bridgehead atoms. The average Bonchev–Trinajstić information content (AvgIpc) is 2.19. The van der Waals surface area contributed by atoms with Gasteiger partial charge in [-0.3, -0.25) is 0 Å². The Labute approximate surface area is 118 Å². The predicted octanol–water partition coefficient (Wildman–Crippen LogP) is 3.41. The monoisotopic (exact) mass is 210 g/mol. The molecule has 0 N–H and O–H groups in total. The summed E-state index contributed by atoms with van der Waals surface area (Å²) in [6, 6.07) is 14.8. The fourth-order valence-corrected chi connectivity index (χ4v) is 1.63. The third-order valence-electron chi connectivity index (χ3n) is 2.24. The molecule has 0 aromatic heterocycles. The summed E-state index contributed by atoms with van der Waals surface area (Å²) in [6.07, 6.45) is 2.89. The molecule has 0 atom stereocenters. The molecule has 2 aromatic rings. The van der Waals surface area contributed by atoms with Crippen LogP contribution in [-0.2, 0) is 6.42 Å². The number of hydrogen-bond donors (Lipinski definition) is 0. The fourth-order valence-electron chi connectivity index (χ4n) is 1.63. The van der Waals surface area contributed by atoms with Gasteiger partial charge in [0, 0.05) is 0 Å². The summed E-state index contributed by atoms with van der Waals surface area (Å²) in [4.78, 5) is 0. The van der Waals surface area contributed by atoms with E-state index in [4.69, 9.17) is 0 Å². The van der Waals surface area contributed by atoms with Gasteiger partial charge in [-0.05, 0) is 22.8 Å². The van der Waals surface area contributed by atoms with E-state index in [9.17, 15) is 0 Å². The second-order valence-corrected chi connectivity index (χ2v) is 3.13. The minimum atomic E-state index is 0. The van der Waals surface area contributed by atoms with E-state index in [-0.39, 0.29) is 40.6 Å². The number of benzene rings is 2. The SMILES string of the molecule is C=CCc1cccc2ccccc12.[Ca+2].[H-].[H-]. The van der Waals surface area contributed by atoms with Gasteiger partial charge in [-0.25, -0.2) is 0 Å². The molecule has 0 aliphatic heterocycles. The van der Waals surface area contributed by atoms with E-state index in [1.807, 2.05) is 6.08 Å². The van der Waals surface area contributed by atoms with E-state index in [1.165, 1.54) is 16.3 Å². The second kappa shape index (κ2) is 5.55. The summed E-state index contributed by atoms with van der Waals surface area (Å²) in [7, 11) is 0. The molecule has 0 aliphatic rings. The molecule has 68 valence electrons. The molecule has 0 aliphatic carbocycles. The Morgan fingerprint density at radius 2 is 1.79 bits per heavy atom. The Hall–Kier alpha value is -0.300. The van der Waals surface area contributed by atoms with Crippen LogP contribution in [0.3, 0.4) is 0 Å². The van der Waals surface area contributed by atoms with Crippen LogP contribution in [0.25, 0.3) is 10.8 Å². The molecule has 0 nitrogen and oxygen atoms in total. The molecule has 0 heterocycles. The zero-order chi connectivity index (χ0) is 9.10. The summed E-state index contributed by atoms with van der Waals surface area (Å²) < 4.78 is 0. The zero-order valence-electron chi connectivity index (χ0n) is 10.2. The van der Waals surface area contributed by atoms with Crippen LogP contribution in [0.4, 0.5) is 0 Å². The quantitative estimate of drug-likeness (QED) is 0.526. The van der Waals surface area contributed by atoms with Crippen LogP contribution in [0.2, 0.25) is 0 Å². The Morgan fingerprint density at radius 3 is 2.57 bits per heavy atom. The molecule has 0 saturated carbocycles. The van der Waals surface area contributed by atoms with Crippen LogP contribution < -0.4 is 0 Å². The van der Waals surface area contributed by atoms with Gasteiger partial charge < -0.3 is 2.85 Å². The average molecular weight is 210 g/mol. The van der Waals surface area contributed by atoms with Gasteiger partial charge in [0.2, 0.25) is 0 Å². The van der Waals surface area contributed by atoms with Gasteiger partial charge in [0.15, 0.2) is 0 Å². The maximum atomic E-state index is 3.76. The number of rotatable bonds is 2. The predicted molar refractivity (Wildman–Crippen MR) is 65.8 cm³/mol. The molecule has 14 heavy (non-hydrogen) atoms. The number of fused-ring (bicyclic) bond motifs is 1. The van der Waals surface area contributed by atoms with Gasteiger partial charge in [-0.2, -0.15) is 0 Å². The van der Waals surface area contributed by atoms with Crippen molar-refractivity contribution in [2.75, 3.05) is 0 Å². The molecule has 0 amide bonds. The van der Waals surface area contributed by atoms with Crippen LogP contribution in [0.1, 0.15) is 8.42 Å². The minimum Gasteiger partial charge on any atom is -1.00 e. The Balaban J connectivity index is 0. The van der Waals surface area contributed by atoms with Crippen LogP contribution in [0, 0.1) is 0 Å². The van der Waals surface area contributed by atoms with Crippen molar-refractivity contribution < 1.29 is 2.85 Å². The third kappa shape index (κ3) is 2.38. The summed E-state index contributed by atoms with van der Waals surface area (Å²) in [5.74, 6) is 0. The first-order valence-electron chi connectivity index (χ1n) is 4.49. The van der Waals surface area contributed by atoms with E-state index in [1.54, 1.807) is 0 Å². The van der Waals surface area contributed by atoms with Gasteiger partial charge in [0.25, 0.3) is 0 Å². The van der Waals surface area contributed by atoms with E-state index in [0.717, 1.165) is 6.42 Å². The van der Waals surface area contributed by atoms with Crippen molar-refractivity contribution >= 4 is 48.5 Å². The van der Waals surface area contributed by atoms with E-state index >= 15 is 0 Å². The Kier molecular flexibility index (Phi) is 4.67. The molecule has 0 unspecified atom stereocenters. The summed E-state index contributed by atoms with van der Waals surface area (Å²) >= 11 is 0. The number of hydrogen-bond acceptors (Lipinski definition) is 0. The van der Waals surface area contributed by atoms with Gasteiger partial charge in [0.05, 0.1) is 0 Å². The number of allylic oxidation sites excluding steroid dienone is 1. The first-order valence-corrected chi connectivity index (χ1v) is 4.49. The summed E-state index contributed by atoms with van der Waals surface area (Å²) in [5.41, 5.74) is 1.35. The third-order valence-corrected chi connectivity index (χ3v) is 2.24. The van der Waals surface area contributed by atoms with Crippen molar-refractivity contribution in [3.8, 4) is 0 Å². The molecular weight excluding hydrogens is 196 g/mol. The molecule has 0 radical (unpaired) electrons. The largest absolute Gasteiger partial charge is 2.00 e. The molecule has 2 aromatic carbocycles. The van der Waals surface area contributed by atoms with Crippen molar-refractivity contribution in [1.29, 1.82) is 0 Å². The van der Waals surface area contributed by atoms with Crippen LogP contribution in [0.15, 0.2) is 55.1 Å². The van der Waals surface area contributed by atoms with Crippen molar-refractivity contribution in [3.63, 3.8) is 0 Å². The van der Waals surface area contributed by atoms with Crippen molar-refractivity contribution in [2.24, 2.45) is 0 Å². The molecule has 1 heteroatoms. The van der Waals surface area contributed by atoms with Crippen molar-refractivity contribution in [3.05, 3.63) is 60.7 Å². The Morgan fingerprint density at radius 1 is 1.07 bits per heavy atom. The summed E-state index contributed by atoms with van der Waals surface area (Å²) in [5, 5.41) is 2.65. The van der Waals surface area contributed by atoms with E-state index in [0.29, 0.717) is 0 Å². The normalized spacial score (nSPS) is 9.43. The first kappa shape index (κ1) is 11.8. The van der Waals surface area contributed by atoms with E-state index in [2.05, 4.69) is 49.0 Å². The van der Waals surface area contributed by atoms with Crippen LogP contribution >= 0.6 is 0 Å². The maximum absolute atomic E-state index is 3.76. The van der Waals surface area contributed by atoms with Crippen molar-refractivity contribution in [1.82, 2.24) is 0 Å². The molecule has 0 spiro atoms. The molecule has 0 fully saturated rings.